The van der Waals surface area contributed by atoms with Gasteiger partial charge < -0.3 is 4.74 Å². The van der Waals surface area contributed by atoms with E-state index in [2.05, 4.69) is 37.3 Å². The first kappa shape index (κ1) is 22.2. The fourth-order valence-electron chi connectivity index (χ4n) is 4.66. The molecule has 0 amide bonds. The molecule has 3 aromatic carbocycles. The van der Waals surface area contributed by atoms with Crippen LogP contribution in [0.4, 0.5) is 0 Å². The van der Waals surface area contributed by atoms with Crippen LogP contribution in [0.1, 0.15) is 18.1 Å². The standard InChI is InChI=1S/C29H27NO3S/c1-22-18-24(19-25-12-8-9-15-28(25)33-21-23-10-4-2-5-11-23)20-26-16-17-30(29(22)26)34(31,32)27-13-6-3-7-14-27/h2-18,20,22,29H,19,21H2,1H3. The number of ether oxygens (including phenoxy) is 1. The Morgan fingerprint density at radius 1 is 0.882 bits per heavy atom. The van der Waals surface area contributed by atoms with E-state index in [1.54, 1.807) is 30.5 Å². The van der Waals surface area contributed by atoms with Gasteiger partial charge in [0.2, 0.25) is 0 Å². The number of benzene rings is 3. The first-order valence-electron chi connectivity index (χ1n) is 11.5. The molecule has 5 rings (SSSR count). The molecular formula is C29H27NO3S. The average molecular weight is 470 g/mol. The Morgan fingerprint density at radius 3 is 2.32 bits per heavy atom. The Hall–Kier alpha value is -3.57. The number of para-hydroxylation sites is 1. The summed E-state index contributed by atoms with van der Waals surface area (Å²) >= 11 is 0. The smallest absolute Gasteiger partial charge is 0.264 e. The van der Waals surface area contributed by atoms with Gasteiger partial charge >= 0.3 is 0 Å². The van der Waals surface area contributed by atoms with E-state index in [1.165, 1.54) is 4.31 Å². The van der Waals surface area contributed by atoms with E-state index in [0.717, 1.165) is 34.4 Å². The Kier molecular flexibility index (Phi) is 6.12. The highest BCUT2D eigenvalue weighted by Gasteiger charge is 2.38. The van der Waals surface area contributed by atoms with Crippen molar-refractivity contribution >= 4 is 10.0 Å². The van der Waals surface area contributed by atoms with E-state index in [0.29, 0.717) is 11.5 Å². The number of nitrogens with zero attached hydrogens (tertiary/aromatic N) is 1. The largest absolute Gasteiger partial charge is 0.489 e. The molecule has 5 heteroatoms. The van der Waals surface area contributed by atoms with Crippen LogP contribution in [0.3, 0.4) is 0 Å². The van der Waals surface area contributed by atoms with Gasteiger partial charge in [-0.2, -0.15) is 0 Å². The van der Waals surface area contributed by atoms with E-state index in [4.69, 9.17) is 4.74 Å². The van der Waals surface area contributed by atoms with E-state index in [-0.39, 0.29) is 12.0 Å². The zero-order valence-electron chi connectivity index (χ0n) is 19.0. The molecule has 3 aromatic rings. The summed E-state index contributed by atoms with van der Waals surface area (Å²) < 4.78 is 34.1. The van der Waals surface area contributed by atoms with E-state index < -0.39 is 10.0 Å². The Bertz CT molecular complexity index is 1360. The van der Waals surface area contributed by atoms with Crippen molar-refractivity contribution in [1.29, 1.82) is 0 Å². The second kappa shape index (κ2) is 9.35. The number of allylic oxidation sites excluding steroid dienone is 2. The van der Waals surface area contributed by atoms with Crippen molar-refractivity contribution in [2.75, 3.05) is 0 Å². The first-order chi connectivity index (χ1) is 16.5. The summed E-state index contributed by atoms with van der Waals surface area (Å²) in [5, 5.41) is 0. The molecule has 4 nitrogen and oxygen atoms in total. The van der Waals surface area contributed by atoms with Gasteiger partial charge in [-0.1, -0.05) is 85.8 Å². The molecular weight excluding hydrogens is 442 g/mol. The van der Waals surface area contributed by atoms with Gasteiger partial charge in [0.25, 0.3) is 10.0 Å². The minimum absolute atomic E-state index is 0.0425. The van der Waals surface area contributed by atoms with Gasteiger partial charge in [0.05, 0.1) is 10.9 Å². The molecule has 2 unspecified atom stereocenters. The lowest BCUT2D eigenvalue weighted by Gasteiger charge is -2.32. The highest BCUT2D eigenvalue weighted by atomic mass is 32.2. The molecule has 0 N–H and O–H groups in total. The number of sulfonamides is 1. The van der Waals surface area contributed by atoms with Crippen LogP contribution < -0.4 is 4.74 Å². The van der Waals surface area contributed by atoms with Crippen molar-refractivity contribution < 1.29 is 13.2 Å². The lowest BCUT2D eigenvalue weighted by Crippen LogP contribution is -2.38. The van der Waals surface area contributed by atoms with Crippen LogP contribution in [-0.2, 0) is 23.1 Å². The highest BCUT2D eigenvalue weighted by Crippen LogP contribution is 2.37. The highest BCUT2D eigenvalue weighted by molar-refractivity contribution is 7.89. The first-order valence-corrected chi connectivity index (χ1v) is 12.9. The zero-order chi connectivity index (χ0) is 23.5. The van der Waals surface area contributed by atoms with E-state index in [9.17, 15) is 8.42 Å². The van der Waals surface area contributed by atoms with Gasteiger partial charge in [0.15, 0.2) is 0 Å². The van der Waals surface area contributed by atoms with Crippen molar-refractivity contribution in [3.05, 3.63) is 132 Å². The number of hydrogen-bond acceptors (Lipinski definition) is 3. The number of fused-ring (bicyclic) bond motifs is 1. The summed E-state index contributed by atoms with van der Waals surface area (Å²) in [5.74, 6) is 0.913. The fraction of sp³-hybridized carbons (Fsp3) is 0.172. The van der Waals surface area contributed by atoms with Crippen LogP contribution in [0.2, 0.25) is 0 Å². The van der Waals surface area contributed by atoms with Gasteiger partial charge in [-0.25, -0.2) is 8.42 Å². The predicted molar refractivity (Wildman–Crippen MR) is 135 cm³/mol. The monoisotopic (exact) mass is 469 g/mol. The van der Waals surface area contributed by atoms with Crippen molar-refractivity contribution in [3.8, 4) is 5.75 Å². The van der Waals surface area contributed by atoms with Crippen molar-refractivity contribution in [2.24, 2.45) is 5.92 Å². The number of hydrogen-bond donors (Lipinski definition) is 0. The fourth-order valence-corrected chi connectivity index (χ4v) is 6.24. The average Bonchev–Trinajstić information content (AvgIpc) is 3.30. The topological polar surface area (TPSA) is 46.6 Å². The van der Waals surface area contributed by atoms with Gasteiger partial charge in [0.1, 0.15) is 12.4 Å². The molecule has 2 atom stereocenters. The summed E-state index contributed by atoms with van der Waals surface area (Å²) in [6.45, 7) is 2.60. The SMILES string of the molecule is CC1C=C(Cc2ccccc2OCc2ccccc2)C=C2C=CN(S(=O)(=O)c3ccccc3)C21. The van der Waals surface area contributed by atoms with Crippen LogP contribution in [0.15, 0.2) is 125 Å². The lowest BCUT2D eigenvalue weighted by atomic mass is 9.86. The molecule has 1 aliphatic heterocycles. The third kappa shape index (κ3) is 4.44. The maximum atomic E-state index is 13.3. The molecule has 1 aliphatic carbocycles. The molecule has 172 valence electrons. The van der Waals surface area contributed by atoms with E-state index >= 15 is 0 Å². The van der Waals surface area contributed by atoms with Crippen molar-refractivity contribution in [3.63, 3.8) is 0 Å². The zero-order valence-corrected chi connectivity index (χ0v) is 19.9. The molecule has 0 spiro atoms. The quantitative estimate of drug-likeness (QED) is 0.433. The Labute approximate surface area is 201 Å². The molecule has 0 saturated carbocycles. The second-order valence-electron chi connectivity index (χ2n) is 8.71. The second-order valence-corrected chi connectivity index (χ2v) is 10.6. The predicted octanol–water partition coefficient (Wildman–Crippen LogP) is 5.90. The molecule has 0 saturated heterocycles. The van der Waals surface area contributed by atoms with Crippen LogP contribution in [0.5, 0.6) is 5.75 Å². The van der Waals surface area contributed by atoms with Crippen LogP contribution in [-0.4, -0.2) is 18.8 Å². The molecule has 0 fully saturated rings. The minimum Gasteiger partial charge on any atom is -0.489 e. The molecule has 34 heavy (non-hydrogen) atoms. The third-order valence-corrected chi connectivity index (χ3v) is 8.05. The summed E-state index contributed by atoms with van der Waals surface area (Å²) in [6, 6.07) is 26.6. The van der Waals surface area contributed by atoms with Crippen LogP contribution in [0, 0.1) is 5.92 Å². The van der Waals surface area contributed by atoms with Crippen LogP contribution >= 0.6 is 0 Å². The van der Waals surface area contributed by atoms with Crippen molar-refractivity contribution in [2.45, 2.75) is 30.9 Å². The molecule has 0 bridgehead atoms. The lowest BCUT2D eigenvalue weighted by molar-refractivity contribution is 0.303. The molecule has 1 heterocycles. The number of rotatable bonds is 7. The third-order valence-electron chi connectivity index (χ3n) is 6.28. The molecule has 2 aliphatic rings. The van der Waals surface area contributed by atoms with Crippen LogP contribution in [0.25, 0.3) is 0 Å². The summed E-state index contributed by atoms with van der Waals surface area (Å²) in [6.07, 6.45) is 8.65. The van der Waals surface area contributed by atoms with Gasteiger partial charge in [-0.15, -0.1) is 0 Å². The van der Waals surface area contributed by atoms with Crippen molar-refractivity contribution in [1.82, 2.24) is 4.31 Å². The summed E-state index contributed by atoms with van der Waals surface area (Å²) in [7, 11) is -3.60. The summed E-state index contributed by atoms with van der Waals surface area (Å²) in [5.41, 5.74) is 4.43. The molecule has 0 aromatic heterocycles. The maximum absolute atomic E-state index is 13.3. The Morgan fingerprint density at radius 2 is 1.56 bits per heavy atom. The Balaban J connectivity index is 1.34. The van der Waals surface area contributed by atoms with Gasteiger partial charge in [-0.05, 0) is 46.5 Å². The summed E-state index contributed by atoms with van der Waals surface area (Å²) in [4.78, 5) is 0.312. The minimum atomic E-state index is -3.60. The van der Waals surface area contributed by atoms with Gasteiger partial charge in [-0.3, -0.25) is 4.31 Å². The van der Waals surface area contributed by atoms with E-state index in [1.807, 2.05) is 48.5 Å². The maximum Gasteiger partial charge on any atom is 0.264 e. The molecule has 0 radical (unpaired) electrons. The van der Waals surface area contributed by atoms with Gasteiger partial charge in [0, 0.05) is 18.5 Å². The normalized spacial score (nSPS) is 19.4.